The lowest BCUT2D eigenvalue weighted by atomic mass is 10.2. The van der Waals surface area contributed by atoms with Gasteiger partial charge in [0.1, 0.15) is 0 Å². The van der Waals surface area contributed by atoms with Crippen LogP contribution in [0.4, 0.5) is 5.69 Å². The van der Waals surface area contributed by atoms with E-state index in [0.29, 0.717) is 30.9 Å². The number of methoxy groups -OCH3 is 1. The summed E-state index contributed by atoms with van der Waals surface area (Å²) in [4.78, 5) is 24.6. The topological polar surface area (TPSA) is 105 Å². The molecule has 7 nitrogen and oxygen atoms in total. The Bertz CT molecular complexity index is 462. The maximum atomic E-state index is 11.9. The van der Waals surface area contributed by atoms with E-state index < -0.39 is 5.91 Å². The number of aliphatic hydroxyl groups excluding tert-OH is 1. The highest BCUT2D eigenvalue weighted by Crippen LogP contribution is 2.09. The van der Waals surface area contributed by atoms with Crippen LogP contribution in [-0.4, -0.2) is 61.8 Å². The highest BCUT2D eigenvalue weighted by atomic mass is 16.5. The third kappa shape index (κ3) is 6.35. The first-order valence-corrected chi connectivity index (χ1v) is 6.58. The van der Waals surface area contributed by atoms with Gasteiger partial charge in [-0.2, -0.15) is 0 Å². The van der Waals surface area contributed by atoms with Crippen molar-refractivity contribution < 1.29 is 19.4 Å². The highest BCUT2D eigenvalue weighted by molar-refractivity contribution is 5.95. The van der Waals surface area contributed by atoms with E-state index in [1.165, 1.54) is 0 Å². The van der Waals surface area contributed by atoms with Gasteiger partial charge in [-0.25, -0.2) is 0 Å². The summed E-state index contributed by atoms with van der Waals surface area (Å²) in [6.45, 7) is 1.58. The zero-order valence-corrected chi connectivity index (χ0v) is 12.0. The number of ether oxygens (including phenoxy) is 1. The van der Waals surface area contributed by atoms with E-state index in [4.69, 9.17) is 15.6 Å². The van der Waals surface area contributed by atoms with Crippen LogP contribution < -0.4 is 11.1 Å². The second kappa shape index (κ2) is 9.06. The van der Waals surface area contributed by atoms with Crippen LogP contribution in [0.5, 0.6) is 0 Å². The van der Waals surface area contributed by atoms with Crippen LogP contribution in [0.25, 0.3) is 0 Å². The van der Waals surface area contributed by atoms with Gasteiger partial charge in [-0.1, -0.05) is 0 Å². The minimum atomic E-state index is -0.512. The number of anilines is 1. The summed E-state index contributed by atoms with van der Waals surface area (Å²) in [5, 5.41) is 11.7. The Hall–Kier alpha value is -1.96. The molecule has 21 heavy (non-hydrogen) atoms. The largest absolute Gasteiger partial charge is 0.395 e. The van der Waals surface area contributed by atoms with Crippen molar-refractivity contribution in [3.63, 3.8) is 0 Å². The molecule has 0 aliphatic rings. The normalized spacial score (nSPS) is 10.6. The predicted molar refractivity (Wildman–Crippen MR) is 79.0 cm³/mol. The molecule has 116 valence electrons. The lowest BCUT2D eigenvalue weighted by Crippen LogP contribution is -2.37. The Balaban J connectivity index is 2.52. The Kier molecular flexibility index (Phi) is 7.38. The minimum absolute atomic E-state index is 0.0235. The molecular formula is C14H21N3O4. The fourth-order valence-corrected chi connectivity index (χ4v) is 1.75. The van der Waals surface area contributed by atoms with E-state index in [0.717, 1.165) is 0 Å². The smallest absolute Gasteiger partial charge is 0.248 e. The minimum Gasteiger partial charge on any atom is -0.395 e. The van der Waals surface area contributed by atoms with Crippen molar-refractivity contribution in [2.45, 2.75) is 0 Å². The summed E-state index contributed by atoms with van der Waals surface area (Å²) < 4.78 is 4.96. The number of nitrogens with zero attached hydrogens (tertiary/aromatic N) is 1. The standard InChI is InChI=1S/C14H21N3O4/c1-21-9-7-17(6-8-18)10-13(19)16-12-4-2-11(3-5-12)14(15)20/h2-5,18H,6-10H2,1H3,(H2,15,20)(H,16,19). The molecule has 0 fully saturated rings. The predicted octanol–water partition coefficient (Wildman–Crippen LogP) is -0.335. The summed E-state index contributed by atoms with van der Waals surface area (Å²) in [5.41, 5.74) is 6.11. The summed E-state index contributed by atoms with van der Waals surface area (Å²) >= 11 is 0. The quantitative estimate of drug-likeness (QED) is 0.578. The second-order valence-corrected chi connectivity index (χ2v) is 4.48. The molecule has 4 N–H and O–H groups in total. The molecule has 0 aliphatic carbocycles. The molecule has 2 amide bonds. The number of nitrogens with one attached hydrogen (secondary N) is 1. The summed E-state index contributed by atoms with van der Waals surface area (Å²) in [6, 6.07) is 6.33. The average Bonchev–Trinajstić information content (AvgIpc) is 2.45. The monoisotopic (exact) mass is 295 g/mol. The van der Waals surface area contributed by atoms with Crippen LogP contribution >= 0.6 is 0 Å². The van der Waals surface area contributed by atoms with E-state index in [9.17, 15) is 9.59 Å². The lowest BCUT2D eigenvalue weighted by molar-refractivity contribution is -0.117. The number of aliphatic hydroxyl groups is 1. The van der Waals surface area contributed by atoms with Gasteiger partial charge in [0.25, 0.3) is 0 Å². The number of amides is 2. The molecular weight excluding hydrogens is 274 g/mol. The van der Waals surface area contributed by atoms with Gasteiger partial charge in [0.05, 0.1) is 19.8 Å². The maximum Gasteiger partial charge on any atom is 0.248 e. The van der Waals surface area contributed by atoms with Gasteiger partial charge in [0.15, 0.2) is 0 Å². The summed E-state index contributed by atoms with van der Waals surface area (Å²) in [5.74, 6) is -0.715. The number of rotatable bonds is 9. The number of hydrogen-bond acceptors (Lipinski definition) is 5. The number of carbonyl (C=O) groups excluding carboxylic acids is 2. The molecule has 1 aromatic rings. The van der Waals surface area contributed by atoms with Crippen LogP contribution in [0.15, 0.2) is 24.3 Å². The van der Waals surface area contributed by atoms with Gasteiger partial charge >= 0.3 is 0 Å². The molecule has 0 radical (unpaired) electrons. The van der Waals surface area contributed by atoms with Gasteiger partial charge in [0.2, 0.25) is 11.8 Å². The fourth-order valence-electron chi connectivity index (χ4n) is 1.75. The van der Waals surface area contributed by atoms with Gasteiger partial charge in [0, 0.05) is 31.5 Å². The molecule has 0 heterocycles. The van der Waals surface area contributed by atoms with Crippen LogP contribution in [0, 0.1) is 0 Å². The number of hydrogen-bond donors (Lipinski definition) is 3. The molecule has 1 rings (SSSR count). The van der Waals surface area contributed by atoms with E-state index in [1.807, 2.05) is 0 Å². The molecule has 0 atom stereocenters. The average molecular weight is 295 g/mol. The van der Waals surface area contributed by atoms with Gasteiger partial charge in [-0.3, -0.25) is 14.5 Å². The molecule has 0 aliphatic heterocycles. The second-order valence-electron chi connectivity index (χ2n) is 4.48. The van der Waals surface area contributed by atoms with Crippen molar-refractivity contribution >= 4 is 17.5 Å². The molecule has 0 spiro atoms. The Morgan fingerprint density at radius 3 is 2.48 bits per heavy atom. The first-order chi connectivity index (χ1) is 10.1. The Labute approximate surface area is 123 Å². The van der Waals surface area contributed by atoms with Crippen LogP contribution in [0.2, 0.25) is 0 Å². The van der Waals surface area contributed by atoms with Crippen molar-refractivity contribution in [3.8, 4) is 0 Å². The van der Waals surface area contributed by atoms with Crippen molar-refractivity contribution in [1.82, 2.24) is 4.90 Å². The molecule has 1 aromatic carbocycles. The third-order valence-electron chi connectivity index (χ3n) is 2.85. The number of carbonyl (C=O) groups is 2. The number of benzene rings is 1. The molecule has 7 heteroatoms. The van der Waals surface area contributed by atoms with Crippen molar-refractivity contribution in [2.75, 3.05) is 45.3 Å². The number of primary amides is 1. The maximum absolute atomic E-state index is 11.9. The number of nitrogens with two attached hydrogens (primary N) is 1. The van der Waals surface area contributed by atoms with Crippen molar-refractivity contribution in [1.29, 1.82) is 0 Å². The zero-order chi connectivity index (χ0) is 15.7. The van der Waals surface area contributed by atoms with Crippen molar-refractivity contribution in [3.05, 3.63) is 29.8 Å². The molecule has 0 aromatic heterocycles. The Morgan fingerprint density at radius 2 is 1.95 bits per heavy atom. The van der Waals surface area contributed by atoms with Crippen molar-refractivity contribution in [2.24, 2.45) is 5.73 Å². The SMILES string of the molecule is COCCN(CCO)CC(=O)Nc1ccc(C(N)=O)cc1. The van der Waals surface area contributed by atoms with E-state index in [1.54, 1.807) is 36.3 Å². The van der Waals surface area contributed by atoms with Gasteiger partial charge in [-0.15, -0.1) is 0 Å². The molecule has 0 saturated heterocycles. The third-order valence-corrected chi connectivity index (χ3v) is 2.85. The lowest BCUT2D eigenvalue weighted by Gasteiger charge is -2.20. The Morgan fingerprint density at radius 1 is 1.29 bits per heavy atom. The van der Waals surface area contributed by atoms with Crippen LogP contribution in [0.1, 0.15) is 10.4 Å². The van der Waals surface area contributed by atoms with E-state index in [-0.39, 0.29) is 19.1 Å². The molecule has 0 unspecified atom stereocenters. The fraction of sp³-hybridized carbons (Fsp3) is 0.429. The first-order valence-electron chi connectivity index (χ1n) is 6.58. The zero-order valence-electron chi connectivity index (χ0n) is 12.0. The molecule has 0 saturated carbocycles. The summed E-state index contributed by atoms with van der Waals surface area (Å²) in [7, 11) is 1.58. The van der Waals surface area contributed by atoms with Crippen LogP contribution in [0.3, 0.4) is 0 Å². The van der Waals surface area contributed by atoms with Crippen LogP contribution in [-0.2, 0) is 9.53 Å². The van der Waals surface area contributed by atoms with Gasteiger partial charge < -0.3 is 20.9 Å². The molecule has 0 bridgehead atoms. The highest BCUT2D eigenvalue weighted by Gasteiger charge is 2.10. The summed E-state index contributed by atoms with van der Waals surface area (Å²) in [6.07, 6.45) is 0. The van der Waals surface area contributed by atoms with Gasteiger partial charge in [-0.05, 0) is 24.3 Å². The van der Waals surface area contributed by atoms with E-state index in [2.05, 4.69) is 5.32 Å². The first kappa shape index (κ1) is 17.1. The van der Waals surface area contributed by atoms with E-state index >= 15 is 0 Å².